The third-order valence-corrected chi connectivity index (χ3v) is 5.21. The Labute approximate surface area is 85.7 Å². The van der Waals surface area contributed by atoms with Crippen molar-refractivity contribution in [3.05, 3.63) is 39.8 Å². The summed E-state index contributed by atoms with van der Waals surface area (Å²) in [5.74, 6) is 0. The second-order valence-electron chi connectivity index (χ2n) is 3.09. The van der Waals surface area contributed by atoms with Gasteiger partial charge in [0.05, 0.1) is 0 Å². The molecule has 0 saturated heterocycles. The molecule has 0 nitrogen and oxygen atoms in total. The van der Waals surface area contributed by atoms with E-state index in [0.29, 0.717) is 0 Å². The summed E-state index contributed by atoms with van der Waals surface area (Å²) in [5, 5.41) is 0. The summed E-state index contributed by atoms with van der Waals surface area (Å²) < 4.78 is 3.49. The van der Waals surface area contributed by atoms with Crippen molar-refractivity contribution in [2.75, 3.05) is 0 Å². The predicted molar refractivity (Wildman–Crippen MR) is 49.4 cm³/mol. The van der Waals surface area contributed by atoms with Gasteiger partial charge in [-0.1, -0.05) is 0 Å². The Morgan fingerprint density at radius 1 is 0.909 bits per heavy atom. The van der Waals surface area contributed by atoms with Crippen LogP contribution in [0, 0.1) is 0 Å². The van der Waals surface area contributed by atoms with Crippen LogP contribution in [0.2, 0.25) is 0 Å². The molecular weight excluding hydrogens is 160 g/mol. The van der Waals surface area contributed by atoms with Crippen molar-refractivity contribution in [1.82, 2.24) is 0 Å². The van der Waals surface area contributed by atoms with Crippen LogP contribution in [0.3, 0.4) is 0 Å². The zero-order chi connectivity index (χ0) is 7.52. The molecule has 52 valence electrons. The number of rotatable bonds is 2. The minimum absolute atomic E-state index is 0.465. The molecule has 0 fully saturated rings. The van der Waals surface area contributed by atoms with E-state index >= 15 is 0 Å². The van der Waals surface area contributed by atoms with E-state index in [1.807, 2.05) is 0 Å². The Morgan fingerprint density at radius 3 is 1.82 bits per heavy atom. The molecule has 0 amide bonds. The first-order valence-electron chi connectivity index (χ1n) is 4.14. The maximum atomic E-state index is 2.32. The van der Waals surface area contributed by atoms with Crippen LogP contribution in [0.4, 0.5) is 0 Å². The van der Waals surface area contributed by atoms with E-state index in [9.17, 15) is 0 Å². The monoisotopic (exact) mass is 170 g/mol. The molecule has 2 aliphatic carbocycles. The molecule has 0 spiro atoms. The Morgan fingerprint density at radius 2 is 1.45 bits per heavy atom. The van der Waals surface area contributed by atoms with Crippen LogP contribution < -0.4 is 0 Å². The third-order valence-electron chi connectivity index (χ3n) is 2.15. The van der Waals surface area contributed by atoms with Gasteiger partial charge in [-0.25, -0.2) is 0 Å². The predicted octanol–water partition coefficient (Wildman–Crippen LogP) is 2.38. The third kappa shape index (κ3) is 2.08. The first kappa shape index (κ1) is 7.85. The molecule has 0 atom stereocenters. The Balaban J connectivity index is 1.91. The van der Waals surface area contributed by atoms with Gasteiger partial charge in [0.2, 0.25) is 0 Å². The van der Waals surface area contributed by atoms with Gasteiger partial charge < -0.3 is 0 Å². The van der Waals surface area contributed by atoms with Crippen LogP contribution in [0.5, 0.6) is 0 Å². The summed E-state index contributed by atoms with van der Waals surface area (Å²) in [4.78, 5) is 0. The summed E-state index contributed by atoms with van der Waals surface area (Å²) in [5.41, 5.74) is 0. The average molecular weight is 170 g/mol. The van der Waals surface area contributed by atoms with Gasteiger partial charge in [0.25, 0.3) is 0 Å². The van der Waals surface area contributed by atoms with Gasteiger partial charge in [0.1, 0.15) is 0 Å². The quantitative estimate of drug-likeness (QED) is 0.558. The summed E-state index contributed by atoms with van der Waals surface area (Å²) in [6, 6.07) is 0. The van der Waals surface area contributed by atoms with Crippen molar-refractivity contribution < 1.29 is 0 Å². The molecule has 0 unspecified atom stereocenters. The first-order chi connectivity index (χ1) is 5.45. The van der Waals surface area contributed by atoms with Crippen LogP contribution in [-0.4, -0.2) is 33.8 Å². The Hall–Kier alpha value is 0.220. The van der Waals surface area contributed by atoms with Crippen LogP contribution >= 0.6 is 0 Å². The molecule has 2 aliphatic rings. The topological polar surface area (TPSA) is 0 Å². The number of hydrogen-bond acceptors (Lipinski definition) is 0. The van der Waals surface area contributed by atoms with Crippen LogP contribution in [0.1, 0.15) is 12.8 Å². The van der Waals surface area contributed by atoms with Crippen LogP contribution in [0.15, 0.2) is 39.8 Å². The zero-order valence-corrected chi connectivity index (χ0v) is 8.79. The molecule has 0 bridgehead atoms. The van der Waals surface area contributed by atoms with E-state index in [4.69, 9.17) is 0 Å². The van der Waals surface area contributed by atoms with Gasteiger partial charge in [0, 0.05) is 0 Å². The van der Waals surface area contributed by atoms with Crippen molar-refractivity contribution in [2.45, 2.75) is 12.8 Å². The van der Waals surface area contributed by atoms with E-state index < -0.39 is 33.8 Å². The van der Waals surface area contributed by atoms with Crippen molar-refractivity contribution >= 4 is 33.8 Å². The van der Waals surface area contributed by atoms with E-state index in [0.717, 1.165) is 0 Å². The van der Waals surface area contributed by atoms with Gasteiger partial charge in [-0.15, -0.1) is 0 Å². The second kappa shape index (κ2) is 3.75. The summed E-state index contributed by atoms with van der Waals surface area (Å²) >= 11 is -0.465. The fourth-order valence-corrected chi connectivity index (χ4v) is 4.21. The van der Waals surface area contributed by atoms with Gasteiger partial charge in [-0.2, -0.15) is 0 Å². The zero-order valence-electron chi connectivity index (χ0n) is 6.59. The molecule has 11 heavy (non-hydrogen) atoms. The summed E-state index contributed by atoms with van der Waals surface area (Å²) in [7, 11) is 0. The molecule has 2 rings (SSSR count). The SMILES string of the molecule is C1=CC[C]([Ca][C]2=CC=CC2)=C1. The Bertz CT molecular complexity index is 239. The molecule has 0 aromatic rings. The molecule has 0 aromatic carbocycles. The van der Waals surface area contributed by atoms with E-state index in [1.165, 1.54) is 12.8 Å². The van der Waals surface area contributed by atoms with E-state index in [2.05, 4.69) is 36.5 Å². The summed E-state index contributed by atoms with van der Waals surface area (Å²) in [6.45, 7) is 0. The molecule has 0 saturated carbocycles. The van der Waals surface area contributed by atoms with Gasteiger partial charge in [-0.05, 0) is 0 Å². The summed E-state index contributed by atoms with van der Waals surface area (Å²) in [6.07, 6.45) is 16.1. The van der Waals surface area contributed by atoms with Crippen LogP contribution in [-0.2, 0) is 0 Å². The molecule has 1 heteroatoms. The van der Waals surface area contributed by atoms with Crippen molar-refractivity contribution in [1.29, 1.82) is 0 Å². The Kier molecular flexibility index (Phi) is 2.68. The van der Waals surface area contributed by atoms with Crippen molar-refractivity contribution in [3.8, 4) is 0 Å². The fraction of sp³-hybridized carbons (Fsp3) is 0.200. The first-order valence-corrected chi connectivity index (χ1v) is 6.35. The molecule has 0 heterocycles. The standard InChI is InChI=1S/2C5H5.Ca/c2*1-2-4-5-3-1;/h2*1-3H,4H2;. The van der Waals surface area contributed by atoms with Crippen molar-refractivity contribution in [3.63, 3.8) is 0 Å². The molecule has 0 radical (unpaired) electrons. The van der Waals surface area contributed by atoms with Gasteiger partial charge in [0.15, 0.2) is 0 Å². The van der Waals surface area contributed by atoms with Crippen LogP contribution in [0.25, 0.3) is 0 Å². The maximum absolute atomic E-state index is 2.32. The minimum atomic E-state index is -0.465. The van der Waals surface area contributed by atoms with Crippen molar-refractivity contribution in [2.24, 2.45) is 0 Å². The van der Waals surface area contributed by atoms with Gasteiger partial charge >= 0.3 is 86.5 Å². The molecule has 0 N–H and O–H groups in total. The normalized spacial score (nSPS) is 20.0. The average Bonchev–Trinajstić information content (AvgIpc) is 2.60. The fourth-order valence-electron chi connectivity index (χ4n) is 1.54. The molecule has 0 aliphatic heterocycles. The van der Waals surface area contributed by atoms with E-state index in [1.54, 1.807) is 3.34 Å². The number of hydrogen-bond donors (Lipinski definition) is 0. The van der Waals surface area contributed by atoms with Gasteiger partial charge in [-0.3, -0.25) is 0 Å². The van der Waals surface area contributed by atoms with E-state index in [-0.39, 0.29) is 0 Å². The number of allylic oxidation sites excluding steroid dienone is 8. The second-order valence-corrected chi connectivity index (χ2v) is 6.48. The molecular formula is C10H10Ca. The molecule has 0 aromatic heterocycles.